The summed E-state index contributed by atoms with van der Waals surface area (Å²) in [4.78, 5) is 15.1. The van der Waals surface area contributed by atoms with Crippen LogP contribution in [-0.4, -0.2) is 41.7 Å². The predicted octanol–water partition coefficient (Wildman–Crippen LogP) is 2.57. The smallest absolute Gasteiger partial charge is 0.226 e. The molecule has 1 heterocycles. The molecule has 2 rings (SSSR count). The van der Waals surface area contributed by atoms with Crippen molar-refractivity contribution in [2.24, 2.45) is 5.41 Å². The van der Waals surface area contributed by atoms with Gasteiger partial charge in [-0.15, -0.1) is 0 Å². The van der Waals surface area contributed by atoms with Gasteiger partial charge in [0.05, 0.1) is 5.41 Å². The van der Waals surface area contributed by atoms with E-state index < -0.39 is 5.41 Å². The van der Waals surface area contributed by atoms with Crippen LogP contribution >= 0.6 is 0 Å². The van der Waals surface area contributed by atoms with Crippen LogP contribution in [0, 0.1) is 5.41 Å². The average Bonchev–Trinajstić information content (AvgIpc) is 2.57. The van der Waals surface area contributed by atoms with Crippen molar-refractivity contribution >= 4 is 5.91 Å². The number of rotatable bonds is 7. The van der Waals surface area contributed by atoms with Gasteiger partial charge in [-0.05, 0) is 51.3 Å². The molecule has 2 N–H and O–H groups in total. The Morgan fingerprint density at radius 3 is 2.52 bits per heavy atom. The van der Waals surface area contributed by atoms with Crippen LogP contribution in [0.5, 0.6) is 0 Å². The maximum atomic E-state index is 12.7. The number of piperidine rings is 1. The number of aliphatic hydroxyl groups excluding tert-OH is 1. The van der Waals surface area contributed by atoms with Gasteiger partial charge >= 0.3 is 0 Å². The minimum Gasteiger partial charge on any atom is -0.396 e. The summed E-state index contributed by atoms with van der Waals surface area (Å²) in [6.07, 6.45) is 3.14. The SMILES string of the molecule is CCC(C)NC(=O)C1(CCO)CCN(Cc2ccccc2)CC1. The lowest BCUT2D eigenvalue weighted by Gasteiger charge is -2.41. The second-order valence-corrected chi connectivity index (χ2v) is 6.80. The van der Waals surface area contributed by atoms with E-state index in [0.717, 1.165) is 38.9 Å². The van der Waals surface area contributed by atoms with E-state index in [1.54, 1.807) is 0 Å². The zero-order chi connectivity index (χ0) is 16.7. The summed E-state index contributed by atoms with van der Waals surface area (Å²) in [6.45, 7) is 6.93. The quantitative estimate of drug-likeness (QED) is 0.812. The van der Waals surface area contributed by atoms with E-state index in [-0.39, 0.29) is 18.6 Å². The highest BCUT2D eigenvalue weighted by molar-refractivity contribution is 5.83. The molecule has 1 aromatic rings. The number of nitrogens with zero attached hydrogens (tertiary/aromatic N) is 1. The number of nitrogens with one attached hydrogen (secondary N) is 1. The van der Waals surface area contributed by atoms with Gasteiger partial charge in [0.25, 0.3) is 0 Å². The number of amides is 1. The van der Waals surface area contributed by atoms with Gasteiger partial charge in [0.2, 0.25) is 5.91 Å². The first-order valence-corrected chi connectivity index (χ1v) is 8.78. The molecular weight excluding hydrogens is 288 g/mol. The summed E-state index contributed by atoms with van der Waals surface area (Å²) in [5.41, 5.74) is 0.914. The molecule has 0 spiro atoms. The Bertz CT molecular complexity index is 481. The Morgan fingerprint density at radius 1 is 1.30 bits per heavy atom. The Morgan fingerprint density at radius 2 is 1.96 bits per heavy atom. The van der Waals surface area contributed by atoms with Gasteiger partial charge < -0.3 is 10.4 Å². The van der Waals surface area contributed by atoms with E-state index in [1.807, 2.05) is 13.0 Å². The fourth-order valence-corrected chi connectivity index (χ4v) is 3.26. The molecule has 1 atom stereocenters. The van der Waals surface area contributed by atoms with E-state index in [1.165, 1.54) is 5.56 Å². The summed E-state index contributed by atoms with van der Waals surface area (Å²) in [7, 11) is 0. The zero-order valence-corrected chi connectivity index (χ0v) is 14.4. The predicted molar refractivity (Wildman–Crippen MR) is 93.0 cm³/mol. The van der Waals surface area contributed by atoms with E-state index in [0.29, 0.717) is 6.42 Å². The molecule has 0 radical (unpaired) electrons. The topological polar surface area (TPSA) is 52.6 Å². The minimum atomic E-state index is -0.397. The van der Waals surface area contributed by atoms with Crippen molar-refractivity contribution < 1.29 is 9.90 Å². The summed E-state index contributed by atoms with van der Waals surface area (Å²) in [5, 5.41) is 12.6. The van der Waals surface area contributed by atoms with Crippen LogP contribution in [0.2, 0.25) is 0 Å². The maximum Gasteiger partial charge on any atom is 0.226 e. The molecule has 4 nitrogen and oxygen atoms in total. The van der Waals surface area contributed by atoms with Crippen LogP contribution in [0.1, 0.15) is 45.1 Å². The van der Waals surface area contributed by atoms with Crippen LogP contribution in [0.3, 0.4) is 0 Å². The molecule has 1 aromatic carbocycles. The van der Waals surface area contributed by atoms with Crippen molar-refractivity contribution in [1.29, 1.82) is 0 Å². The van der Waals surface area contributed by atoms with E-state index in [4.69, 9.17) is 0 Å². The first-order valence-electron chi connectivity index (χ1n) is 8.78. The third kappa shape index (κ3) is 4.79. The molecule has 1 unspecified atom stereocenters. The molecule has 23 heavy (non-hydrogen) atoms. The average molecular weight is 318 g/mol. The Labute approximate surface area is 139 Å². The van der Waals surface area contributed by atoms with E-state index >= 15 is 0 Å². The third-order valence-electron chi connectivity index (χ3n) is 5.12. The van der Waals surface area contributed by atoms with Gasteiger partial charge in [-0.1, -0.05) is 37.3 Å². The van der Waals surface area contributed by atoms with Crippen LogP contribution in [0.15, 0.2) is 30.3 Å². The van der Waals surface area contributed by atoms with Crippen LogP contribution < -0.4 is 5.32 Å². The number of carbonyl (C=O) groups excluding carboxylic acids is 1. The molecule has 1 saturated heterocycles. The molecule has 0 bridgehead atoms. The summed E-state index contributed by atoms with van der Waals surface area (Å²) in [6, 6.07) is 10.6. The van der Waals surface area contributed by atoms with Crippen LogP contribution in [-0.2, 0) is 11.3 Å². The van der Waals surface area contributed by atoms with Crippen molar-refractivity contribution in [3.63, 3.8) is 0 Å². The highest BCUT2D eigenvalue weighted by Gasteiger charge is 2.40. The van der Waals surface area contributed by atoms with Crippen molar-refractivity contribution in [1.82, 2.24) is 10.2 Å². The van der Waals surface area contributed by atoms with Gasteiger partial charge in [0.15, 0.2) is 0 Å². The molecule has 128 valence electrons. The van der Waals surface area contributed by atoms with Gasteiger partial charge in [-0.2, -0.15) is 0 Å². The molecule has 1 amide bonds. The van der Waals surface area contributed by atoms with Crippen LogP contribution in [0.25, 0.3) is 0 Å². The number of likely N-dealkylation sites (tertiary alicyclic amines) is 1. The molecule has 0 aliphatic carbocycles. The van der Waals surface area contributed by atoms with Gasteiger partial charge in [-0.25, -0.2) is 0 Å². The molecule has 1 aliphatic rings. The first kappa shape index (κ1) is 18.0. The Hall–Kier alpha value is -1.39. The number of hydrogen-bond donors (Lipinski definition) is 2. The summed E-state index contributed by atoms with van der Waals surface area (Å²) >= 11 is 0. The molecule has 1 fully saturated rings. The number of carbonyl (C=O) groups is 1. The van der Waals surface area contributed by atoms with E-state index in [2.05, 4.69) is 41.4 Å². The molecule has 0 aromatic heterocycles. The molecule has 1 aliphatic heterocycles. The standard InChI is InChI=1S/C19H30N2O2/c1-3-16(2)20-18(23)19(11-14-22)9-12-21(13-10-19)15-17-7-5-4-6-8-17/h4-8,16,22H,3,9-15H2,1-2H3,(H,20,23). The van der Waals surface area contributed by atoms with Crippen LogP contribution in [0.4, 0.5) is 0 Å². The number of benzene rings is 1. The monoisotopic (exact) mass is 318 g/mol. The second-order valence-electron chi connectivity index (χ2n) is 6.80. The fourth-order valence-electron chi connectivity index (χ4n) is 3.26. The maximum absolute atomic E-state index is 12.7. The Balaban J connectivity index is 1.95. The number of hydrogen-bond acceptors (Lipinski definition) is 3. The molecular formula is C19H30N2O2. The normalized spacial score (nSPS) is 19.3. The van der Waals surface area contributed by atoms with Crippen molar-refractivity contribution in [2.75, 3.05) is 19.7 Å². The third-order valence-corrected chi connectivity index (χ3v) is 5.12. The Kier molecular flexibility index (Phi) is 6.60. The second kappa shape index (κ2) is 8.46. The van der Waals surface area contributed by atoms with Crippen molar-refractivity contribution in [2.45, 2.75) is 52.1 Å². The molecule has 0 saturated carbocycles. The van der Waals surface area contributed by atoms with E-state index in [9.17, 15) is 9.90 Å². The highest BCUT2D eigenvalue weighted by Crippen LogP contribution is 2.35. The molecule has 4 heteroatoms. The highest BCUT2D eigenvalue weighted by atomic mass is 16.3. The first-order chi connectivity index (χ1) is 11.1. The largest absolute Gasteiger partial charge is 0.396 e. The lowest BCUT2D eigenvalue weighted by atomic mass is 9.74. The zero-order valence-electron chi connectivity index (χ0n) is 14.4. The number of aliphatic hydroxyl groups is 1. The lowest BCUT2D eigenvalue weighted by Crippen LogP contribution is -2.50. The fraction of sp³-hybridized carbons (Fsp3) is 0.632. The van der Waals surface area contributed by atoms with Gasteiger partial charge in [0.1, 0.15) is 0 Å². The lowest BCUT2D eigenvalue weighted by molar-refractivity contribution is -0.136. The van der Waals surface area contributed by atoms with Gasteiger partial charge in [-0.3, -0.25) is 9.69 Å². The summed E-state index contributed by atoms with van der Waals surface area (Å²) in [5.74, 6) is 0.125. The summed E-state index contributed by atoms with van der Waals surface area (Å²) < 4.78 is 0. The van der Waals surface area contributed by atoms with Gasteiger partial charge in [0, 0.05) is 19.2 Å². The van der Waals surface area contributed by atoms with Crippen molar-refractivity contribution in [3.05, 3.63) is 35.9 Å². The van der Waals surface area contributed by atoms with Crippen molar-refractivity contribution in [3.8, 4) is 0 Å². The minimum absolute atomic E-state index is 0.0760.